The van der Waals surface area contributed by atoms with Crippen molar-refractivity contribution in [2.75, 3.05) is 13.2 Å². The second kappa shape index (κ2) is 12.0. The van der Waals surface area contributed by atoms with Crippen molar-refractivity contribution < 1.29 is 24.2 Å². The van der Waals surface area contributed by atoms with E-state index < -0.39 is 12.1 Å². The largest absolute Gasteiger partial charge is 0.481 e. The van der Waals surface area contributed by atoms with Gasteiger partial charge < -0.3 is 20.5 Å². The van der Waals surface area contributed by atoms with Gasteiger partial charge in [-0.25, -0.2) is 4.79 Å². The van der Waals surface area contributed by atoms with Crippen LogP contribution in [0.25, 0.3) is 11.1 Å². The van der Waals surface area contributed by atoms with Crippen molar-refractivity contribution >= 4 is 18.0 Å². The molecule has 3 rings (SSSR count). The van der Waals surface area contributed by atoms with Crippen molar-refractivity contribution in [3.63, 3.8) is 0 Å². The lowest BCUT2D eigenvalue weighted by atomic mass is 9.98. The summed E-state index contributed by atoms with van der Waals surface area (Å²) in [6.07, 6.45) is 2.49. The van der Waals surface area contributed by atoms with Crippen LogP contribution in [0, 0.1) is 0 Å². The minimum absolute atomic E-state index is 0.0115. The number of carbonyl (C=O) groups excluding carboxylic acids is 2. The lowest BCUT2D eigenvalue weighted by Gasteiger charge is -2.20. The van der Waals surface area contributed by atoms with Crippen molar-refractivity contribution in [2.24, 2.45) is 0 Å². The Morgan fingerprint density at radius 2 is 1.64 bits per heavy atom. The molecule has 7 nitrogen and oxygen atoms in total. The van der Waals surface area contributed by atoms with Crippen LogP contribution in [0.1, 0.15) is 62.5 Å². The molecule has 0 radical (unpaired) electrons. The van der Waals surface area contributed by atoms with E-state index in [-0.39, 0.29) is 37.3 Å². The first-order chi connectivity index (χ1) is 16.0. The Morgan fingerprint density at radius 1 is 1.00 bits per heavy atom. The van der Waals surface area contributed by atoms with E-state index in [1.54, 1.807) is 0 Å². The summed E-state index contributed by atoms with van der Waals surface area (Å²) in [5.74, 6) is -1.11. The average Bonchev–Trinajstić information content (AvgIpc) is 3.12. The van der Waals surface area contributed by atoms with Crippen LogP contribution in [-0.2, 0) is 14.3 Å². The number of benzene rings is 2. The monoisotopic (exact) mass is 452 g/mol. The van der Waals surface area contributed by atoms with Gasteiger partial charge in [-0.15, -0.1) is 0 Å². The van der Waals surface area contributed by atoms with E-state index in [2.05, 4.69) is 41.8 Å². The molecule has 0 aliphatic heterocycles. The smallest absolute Gasteiger partial charge is 0.407 e. The van der Waals surface area contributed by atoms with Crippen molar-refractivity contribution in [3.8, 4) is 11.1 Å². The van der Waals surface area contributed by atoms with Gasteiger partial charge in [-0.1, -0.05) is 68.3 Å². The summed E-state index contributed by atoms with van der Waals surface area (Å²) in [7, 11) is 0. The SMILES string of the molecule is CCCC[C@@H](CC(=O)NCCCC(=O)O)NC(=O)OCC1c2ccccc2-c2ccccc21. The molecule has 33 heavy (non-hydrogen) atoms. The highest BCUT2D eigenvalue weighted by Gasteiger charge is 2.29. The first-order valence-corrected chi connectivity index (χ1v) is 11.6. The van der Waals surface area contributed by atoms with Gasteiger partial charge in [0.2, 0.25) is 5.91 Å². The molecule has 0 heterocycles. The first-order valence-electron chi connectivity index (χ1n) is 11.6. The highest BCUT2D eigenvalue weighted by molar-refractivity contribution is 5.79. The molecular weight excluding hydrogens is 420 g/mol. The summed E-state index contributed by atoms with van der Waals surface area (Å²) in [5, 5.41) is 14.3. The van der Waals surface area contributed by atoms with Gasteiger partial charge in [-0.05, 0) is 35.1 Å². The Labute approximate surface area is 194 Å². The third kappa shape index (κ3) is 6.81. The van der Waals surface area contributed by atoms with Gasteiger partial charge in [0.05, 0.1) is 0 Å². The molecule has 2 aromatic carbocycles. The Morgan fingerprint density at radius 3 is 2.24 bits per heavy atom. The normalized spacial score (nSPS) is 13.0. The van der Waals surface area contributed by atoms with E-state index in [4.69, 9.17) is 9.84 Å². The zero-order valence-electron chi connectivity index (χ0n) is 19.0. The summed E-state index contributed by atoms with van der Waals surface area (Å²) in [4.78, 5) is 35.4. The number of ether oxygens (including phenoxy) is 1. The molecule has 2 amide bonds. The van der Waals surface area contributed by atoms with E-state index in [0.29, 0.717) is 19.4 Å². The summed E-state index contributed by atoms with van der Waals surface area (Å²) >= 11 is 0. The van der Waals surface area contributed by atoms with Gasteiger partial charge in [-0.3, -0.25) is 9.59 Å². The molecule has 1 aliphatic carbocycles. The van der Waals surface area contributed by atoms with E-state index in [9.17, 15) is 14.4 Å². The fourth-order valence-corrected chi connectivity index (χ4v) is 4.25. The number of amides is 2. The molecular formula is C26H32N2O5. The van der Waals surface area contributed by atoms with E-state index >= 15 is 0 Å². The van der Waals surface area contributed by atoms with Crippen LogP contribution in [0.2, 0.25) is 0 Å². The maximum atomic E-state index is 12.6. The van der Waals surface area contributed by atoms with E-state index in [1.165, 1.54) is 11.1 Å². The summed E-state index contributed by atoms with van der Waals surface area (Å²) in [6, 6.07) is 16.0. The lowest BCUT2D eigenvalue weighted by Crippen LogP contribution is -2.40. The fraction of sp³-hybridized carbons (Fsp3) is 0.423. The number of rotatable bonds is 12. The zero-order chi connectivity index (χ0) is 23.6. The van der Waals surface area contributed by atoms with Crippen LogP contribution in [0.3, 0.4) is 0 Å². The van der Waals surface area contributed by atoms with Gasteiger partial charge in [0, 0.05) is 31.3 Å². The third-order valence-corrected chi connectivity index (χ3v) is 5.89. The molecule has 0 unspecified atom stereocenters. The number of carboxylic acid groups (broad SMARTS) is 1. The molecule has 0 saturated carbocycles. The second-order valence-corrected chi connectivity index (χ2v) is 8.36. The number of hydrogen-bond donors (Lipinski definition) is 3. The van der Waals surface area contributed by atoms with Crippen molar-refractivity contribution in [1.82, 2.24) is 10.6 Å². The van der Waals surface area contributed by atoms with E-state index in [1.807, 2.05) is 24.3 Å². The second-order valence-electron chi connectivity index (χ2n) is 8.36. The summed E-state index contributed by atoms with van der Waals surface area (Å²) < 4.78 is 5.61. The third-order valence-electron chi connectivity index (χ3n) is 5.89. The minimum Gasteiger partial charge on any atom is -0.481 e. The van der Waals surface area contributed by atoms with Crippen LogP contribution < -0.4 is 10.6 Å². The molecule has 2 aromatic rings. The number of hydrogen-bond acceptors (Lipinski definition) is 4. The summed E-state index contributed by atoms with van der Waals surface area (Å²) in [6.45, 7) is 2.58. The zero-order valence-corrected chi connectivity index (χ0v) is 19.0. The number of aliphatic carboxylic acids is 1. The predicted molar refractivity (Wildman–Crippen MR) is 126 cm³/mol. The Balaban J connectivity index is 1.54. The Hall–Kier alpha value is -3.35. The molecule has 3 N–H and O–H groups in total. The molecule has 0 saturated heterocycles. The van der Waals surface area contributed by atoms with Crippen molar-refractivity contribution in [2.45, 2.75) is 57.4 Å². The maximum absolute atomic E-state index is 12.6. The highest BCUT2D eigenvalue weighted by atomic mass is 16.5. The molecule has 0 fully saturated rings. The van der Waals surface area contributed by atoms with Gasteiger partial charge in [0.25, 0.3) is 0 Å². The van der Waals surface area contributed by atoms with Gasteiger partial charge in [0.1, 0.15) is 6.61 Å². The topological polar surface area (TPSA) is 105 Å². The first kappa shape index (κ1) is 24.3. The Kier molecular flexibility index (Phi) is 8.87. The average molecular weight is 453 g/mol. The number of carbonyl (C=O) groups is 3. The van der Waals surface area contributed by atoms with Crippen LogP contribution in [0.15, 0.2) is 48.5 Å². The molecule has 7 heteroatoms. The lowest BCUT2D eigenvalue weighted by molar-refractivity contribution is -0.137. The summed E-state index contributed by atoms with van der Waals surface area (Å²) in [5.41, 5.74) is 4.63. The predicted octanol–water partition coefficient (Wildman–Crippen LogP) is 4.46. The molecule has 0 aromatic heterocycles. The van der Waals surface area contributed by atoms with Crippen LogP contribution in [-0.4, -0.2) is 42.3 Å². The van der Waals surface area contributed by atoms with Crippen LogP contribution in [0.5, 0.6) is 0 Å². The number of alkyl carbamates (subject to hydrolysis) is 1. The number of unbranched alkanes of at least 4 members (excludes halogenated alkanes) is 1. The number of nitrogens with one attached hydrogen (secondary N) is 2. The van der Waals surface area contributed by atoms with Gasteiger partial charge in [0.15, 0.2) is 0 Å². The Bertz CT molecular complexity index is 929. The van der Waals surface area contributed by atoms with E-state index in [0.717, 1.165) is 24.0 Å². The van der Waals surface area contributed by atoms with Gasteiger partial charge in [-0.2, -0.15) is 0 Å². The maximum Gasteiger partial charge on any atom is 0.407 e. The van der Waals surface area contributed by atoms with Crippen molar-refractivity contribution in [1.29, 1.82) is 0 Å². The molecule has 0 bridgehead atoms. The fourth-order valence-electron chi connectivity index (χ4n) is 4.25. The highest BCUT2D eigenvalue weighted by Crippen LogP contribution is 2.44. The van der Waals surface area contributed by atoms with Crippen LogP contribution in [0.4, 0.5) is 4.79 Å². The quantitative estimate of drug-likeness (QED) is 0.413. The number of fused-ring (bicyclic) bond motifs is 3. The minimum atomic E-state index is -0.887. The molecule has 1 aliphatic rings. The molecule has 1 atom stereocenters. The number of carboxylic acids is 1. The van der Waals surface area contributed by atoms with Crippen molar-refractivity contribution in [3.05, 3.63) is 59.7 Å². The standard InChI is InChI=1S/C26H32N2O5/c1-2-3-9-18(16-24(29)27-15-8-14-25(30)31)28-26(32)33-17-23-21-12-6-4-10-19(21)20-11-5-7-13-22(20)23/h4-7,10-13,18,23H,2-3,8-9,14-17H2,1H3,(H,27,29)(H,28,32)(H,30,31)/t18-/m0/s1. The molecule has 176 valence electrons. The molecule has 0 spiro atoms. The van der Waals surface area contributed by atoms with Crippen LogP contribution >= 0.6 is 0 Å². The van der Waals surface area contributed by atoms with Gasteiger partial charge >= 0.3 is 12.1 Å².